The van der Waals surface area contributed by atoms with Crippen molar-refractivity contribution in [3.63, 3.8) is 0 Å². The van der Waals surface area contributed by atoms with E-state index in [1.54, 1.807) is 12.1 Å². The molecule has 3 heteroatoms. The number of benzene rings is 1. The summed E-state index contributed by atoms with van der Waals surface area (Å²) in [5.41, 5.74) is 1.79. The lowest BCUT2D eigenvalue weighted by Crippen LogP contribution is -1.80. The molecule has 15 heavy (non-hydrogen) atoms. The van der Waals surface area contributed by atoms with Gasteiger partial charge in [-0.25, -0.2) is 0 Å². The molecule has 2 aromatic rings. The van der Waals surface area contributed by atoms with Crippen LogP contribution in [0.1, 0.15) is 16.1 Å². The second-order valence-corrected chi connectivity index (χ2v) is 3.63. The third-order valence-corrected chi connectivity index (χ3v) is 2.70. The second kappa shape index (κ2) is 3.91. The minimum Gasteiger partial charge on any atom is -0.453 e. The van der Waals surface area contributed by atoms with Gasteiger partial charge < -0.3 is 4.42 Å². The molecular weight excluding hydrogens is 212 g/mol. The first-order chi connectivity index (χ1) is 7.22. The largest absolute Gasteiger partial charge is 0.453 e. The summed E-state index contributed by atoms with van der Waals surface area (Å²) >= 11 is 6.13. The van der Waals surface area contributed by atoms with Gasteiger partial charge in [0.1, 0.15) is 5.76 Å². The summed E-state index contributed by atoms with van der Waals surface area (Å²) < 4.78 is 5.30. The Morgan fingerprint density at radius 2 is 2.07 bits per heavy atom. The van der Waals surface area contributed by atoms with Crippen LogP contribution < -0.4 is 0 Å². The number of carbonyl (C=O) groups excluding carboxylic acids is 1. The van der Waals surface area contributed by atoms with Gasteiger partial charge in [0.25, 0.3) is 0 Å². The van der Waals surface area contributed by atoms with Crippen molar-refractivity contribution in [3.8, 4) is 11.3 Å². The quantitative estimate of drug-likeness (QED) is 0.722. The average Bonchev–Trinajstić information content (AvgIpc) is 2.70. The molecule has 2 rings (SSSR count). The molecule has 0 saturated heterocycles. The molecular formula is C12H9ClO2. The zero-order valence-corrected chi connectivity index (χ0v) is 8.91. The molecule has 0 N–H and O–H groups in total. The van der Waals surface area contributed by atoms with Crippen LogP contribution in [-0.2, 0) is 0 Å². The van der Waals surface area contributed by atoms with E-state index < -0.39 is 0 Å². The number of carbonyl (C=O) groups is 1. The van der Waals surface area contributed by atoms with Crippen LogP contribution in [0.5, 0.6) is 0 Å². The highest BCUT2D eigenvalue weighted by Gasteiger charge is 2.09. The van der Waals surface area contributed by atoms with Crippen LogP contribution in [0.15, 0.2) is 34.7 Å². The molecule has 0 spiro atoms. The smallest absolute Gasteiger partial charge is 0.185 e. The van der Waals surface area contributed by atoms with Gasteiger partial charge in [-0.2, -0.15) is 0 Å². The lowest BCUT2D eigenvalue weighted by Gasteiger charge is -2.02. The van der Waals surface area contributed by atoms with Gasteiger partial charge in [0, 0.05) is 5.56 Å². The SMILES string of the molecule is Cc1cccc(-c2ccc(C=O)o2)c1Cl. The summed E-state index contributed by atoms with van der Waals surface area (Å²) in [6.07, 6.45) is 0.674. The van der Waals surface area contributed by atoms with Crippen molar-refractivity contribution in [1.82, 2.24) is 0 Å². The van der Waals surface area contributed by atoms with E-state index in [9.17, 15) is 4.79 Å². The van der Waals surface area contributed by atoms with E-state index in [-0.39, 0.29) is 0 Å². The summed E-state index contributed by atoms with van der Waals surface area (Å²) in [5, 5.41) is 0.657. The summed E-state index contributed by atoms with van der Waals surface area (Å²) in [6, 6.07) is 9.06. The van der Waals surface area contributed by atoms with E-state index in [1.165, 1.54) is 0 Å². The molecule has 0 fully saturated rings. The van der Waals surface area contributed by atoms with Gasteiger partial charge in [0.05, 0.1) is 5.02 Å². The van der Waals surface area contributed by atoms with Gasteiger partial charge in [0.2, 0.25) is 0 Å². The molecule has 0 saturated carbocycles. The molecule has 0 bridgehead atoms. The van der Waals surface area contributed by atoms with Crippen LogP contribution in [0.25, 0.3) is 11.3 Å². The second-order valence-electron chi connectivity index (χ2n) is 3.26. The van der Waals surface area contributed by atoms with Crippen molar-refractivity contribution in [2.45, 2.75) is 6.92 Å². The number of hydrogen-bond donors (Lipinski definition) is 0. The number of hydrogen-bond acceptors (Lipinski definition) is 2. The zero-order valence-electron chi connectivity index (χ0n) is 8.16. The van der Waals surface area contributed by atoms with E-state index in [0.29, 0.717) is 22.8 Å². The summed E-state index contributed by atoms with van der Waals surface area (Å²) in [4.78, 5) is 10.5. The minimum atomic E-state index is 0.308. The van der Waals surface area contributed by atoms with Gasteiger partial charge in [-0.15, -0.1) is 0 Å². The summed E-state index contributed by atoms with van der Waals surface area (Å²) in [5.74, 6) is 0.924. The van der Waals surface area contributed by atoms with Gasteiger partial charge in [-0.1, -0.05) is 23.7 Å². The maximum Gasteiger partial charge on any atom is 0.185 e. The number of halogens is 1. The van der Waals surface area contributed by atoms with E-state index >= 15 is 0 Å². The zero-order chi connectivity index (χ0) is 10.8. The Hall–Kier alpha value is -1.54. The number of aryl methyl sites for hydroxylation is 1. The average molecular weight is 221 g/mol. The molecule has 0 amide bonds. The molecule has 0 atom stereocenters. The molecule has 2 nitrogen and oxygen atoms in total. The maximum atomic E-state index is 10.5. The molecule has 1 aromatic carbocycles. The molecule has 0 aliphatic carbocycles. The van der Waals surface area contributed by atoms with Crippen molar-refractivity contribution in [2.75, 3.05) is 0 Å². The van der Waals surface area contributed by atoms with Gasteiger partial charge in [-0.3, -0.25) is 4.79 Å². The molecule has 1 heterocycles. The lowest BCUT2D eigenvalue weighted by molar-refractivity contribution is 0.110. The molecule has 0 radical (unpaired) electrons. The van der Waals surface area contributed by atoms with E-state index in [2.05, 4.69) is 0 Å². The monoisotopic (exact) mass is 220 g/mol. The van der Waals surface area contributed by atoms with Crippen molar-refractivity contribution in [1.29, 1.82) is 0 Å². The van der Waals surface area contributed by atoms with Crippen LogP contribution in [0, 0.1) is 6.92 Å². The first-order valence-corrected chi connectivity index (χ1v) is 4.90. The highest BCUT2D eigenvalue weighted by Crippen LogP contribution is 2.31. The Balaban J connectivity index is 2.53. The van der Waals surface area contributed by atoms with Crippen LogP contribution in [0.2, 0.25) is 5.02 Å². The van der Waals surface area contributed by atoms with E-state index in [4.69, 9.17) is 16.0 Å². The van der Waals surface area contributed by atoms with E-state index in [1.807, 2.05) is 25.1 Å². The third-order valence-electron chi connectivity index (χ3n) is 2.20. The predicted octanol–water partition coefficient (Wildman–Crippen LogP) is 3.72. The Labute approximate surface area is 92.5 Å². The predicted molar refractivity (Wildman–Crippen MR) is 59.3 cm³/mol. The number of furan rings is 1. The first kappa shape index (κ1) is 9.99. The van der Waals surface area contributed by atoms with Crippen LogP contribution >= 0.6 is 11.6 Å². The number of aldehydes is 1. The van der Waals surface area contributed by atoms with E-state index in [0.717, 1.165) is 11.1 Å². The van der Waals surface area contributed by atoms with Crippen LogP contribution in [0.3, 0.4) is 0 Å². The van der Waals surface area contributed by atoms with Gasteiger partial charge in [0.15, 0.2) is 12.0 Å². The van der Waals surface area contributed by atoms with Crippen LogP contribution in [0.4, 0.5) is 0 Å². The Morgan fingerprint density at radius 3 is 2.73 bits per heavy atom. The fraction of sp³-hybridized carbons (Fsp3) is 0.0833. The Morgan fingerprint density at radius 1 is 1.27 bits per heavy atom. The fourth-order valence-electron chi connectivity index (χ4n) is 1.40. The standard InChI is InChI=1S/C12H9ClO2/c1-8-3-2-4-10(12(8)13)11-6-5-9(7-14)15-11/h2-7H,1H3. The van der Waals surface area contributed by atoms with Crippen molar-refractivity contribution in [2.24, 2.45) is 0 Å². The molecule has 76 valence electrons. The third kappa shape index (κ3) is 1.81. The topological polar surface area (TPSA) is 30.2 Å². The van der Waals surface area contributed by atoms with Crippen molar-refractivity contribution >= 4 is 17.9 Å². The van der Waals surface area contributed by atoms with Crippen molar-refractivity contribution < 1.29 is 9.21 Å². The normalized spacial score (nSPS) is 10.3. The van der Waals surface area contributed by atoms with Crippen LogP contribution in [-0.4, -0.2) is 6.29 Å². The van der Waals surface area contributed by atoms with Gasteiger partial charge in [-0.05, 0) is 30.7 Å². The number of rotatable bonds is 2. The molecule has 0 aliphatic heterocycles. The highest BCUT2D eigenvalue weighted by atomic mass is 35.5. The fourth-order valence-corrected chi connectivity index (χ4v) is 1.62. The summed E-state index contributed by atoms with van der Waals surface area (Å²) in [7, 11) is 0. The Bertz CT molecular complexity index is 500. The minimum absolute atomic E-state index is 0.308. The Kier molecular flexibility index (Phi) is 2.60. The molecule has 1 aromatic heterocycles. The molecule has 0 aliphatic rings. The first-order valence-electron chi connectivity index (χ1n) is 4.53. The lowest BCUT2D eigenvalue weighted by atomic mass is 10.1. The highest BCUT2D eigenvalue weighted by molar-refractivity contribution is 6.34. The molecule has 0 unspecified atom stereocenters. The summed E-state index contributed by atoms with van der Waals surface area (Å²) in [6.45, 7) is 1.93. The van der Waals surface area contributed by atoms with Gasteiger partial charge >= 0.3 is 0 Å². The van der Waals surface area contributed by atoms with Crippen molar-refractivity contribution in [3.05, 3.63) is 46.7 Å². The maximum absolute atomic E-state index is 10.5.